The minimum Gasteiger partial charge on any atom is -0.454 e. The van der Waals surface area contributed by atoms with E-state index in [0.29, 0.717) is 12.2 Å². The molecule has 0 saturated carbocycles. The summed E-state index contributed by atoms with van der Waals surface area (Å²) in [5, 5.41) is 3.25. The van der Waals surface area contributed by atoms with Crippen molar-refractivity contribution >= 4 is 21.7 Å². The summed E-state index contributed by atoms with van der Waals surface area (Å²) in [5.41, 5.74) is 0. The monoisotopic (exact) mass is 271 g/mol. The van der Waals surface area contributed by atoms with Crippen LogP contribution in [0.15, 0.2) is 21.2 Å². The predicted octanol–water partition coefficient (Wildman–Crippen LogP) is 2.15. The van der Waals surface area contributed by atoms with Crippen LogP contribution in [0.5, 0.6) is 0 Å². The highest BCUT2D eigenvalue weighted by molar-refractivity contribution is 9.10. The van der Waals surface area contributed by atoms with Crippen LogP contribution < -0.4 is 5.32 Å². The third-order valence-electron chi connectivity index (χ3n) is 2.76. The van der Waals surface area contributed by atoms with Crippen LogP contribution in [-0.4, -0.2) is 18.9 Å². The van der Waals surface area contributed by atoms with E-state index in [0.717, 1.165) is 36.4 Å². The minimum absolute atomic E-state index is 0.169. The maximum Gasteiger partial charge on any atom is 0.169 e. The second-order valence-corrected chi connectivity index (χ2v) is 4.64. The number of hydrogen-bond acceptors (Lipinski definition) is 3. The Balaban J connectivity index is 1.84. The summed E-state index contributed by atoms with van der Waals surface area (Å²) in [4.78, 5) is 11.5. The average molecular weight is 272 g/mol. The van der Waals surface area contributed by atoms with Gasteiger partial charge in [0.25, 0.3) is 0 Å². The van der Waals surface area contributed by atoms with Gasteiger partial charge >= 0.3 is 0 Å². The lowest BCUT2D eigenvalue weighted by Gasteiger charge is -2.20. The molecule has 0 aliphatic carbocycles. The van der Waals surface area contributed by atoms with Gasteiger partial charge in [0.1, 0.15) is 11.5 Å². The van der Waals surface area contributed by atoms with Crippen molar-refractivity contribution < 1.29 is 9.21 Å². The van der Waals surface area contributed by atoms with E-state index in [1.807, 2.05) is 12.1 Å². The molecule has 82 valence electrons. The van der Waals surface area contributed by atoms with Crippen LogP contribution in [0.4, 0.5) is 0 Å². The number of Topliss-reactive ketones (excluding diaryl/α,β-unsaturated/α-hetero) is 1. The predicted molar refractivity (Wildman–Crippen MR) is 60.7 cm³/mol. The van der Waals surface area contributed by atoms with Gasteiger partial charge < -0.3 is 9.73 Å². The zero-order chi connectivity index (χ0) is 10.7. The summed E-state index contributed by atoms with van der Waals surface area (Å²) in [6.07, 6.45) is 2.39. The molecule has 0 radical (unpaired) electrons. The quantitative estimate of drug-likeness (QED) is 0.916. The molecule has 1 aliphatic rings. The van der Waals surface area contributed by atoms with Gasteiger partial charge in [-0.15, -0.1) is 0 Å². The summed E-state index contributed by atoms with van der Waals surface area (Å²) in [6, 6.07) is 3.83. The minimum atomic E-state index is 0.169. The van der Waals surface area contributed by atoms with E-state index in [-0.39, 0.29) is 5.92 Å². The average Bonchev–Trinajstić information content (AvgIpc) is 2.63. The zero-order valence-corrected chi connectivity index (χ0v) is 10.0. The smallest absolute Gasteiger partial charge is 0.169 e. The summed E-state index contributed by atoms with van der Waals surface area (Å²) >= 11 is 3.26. The van der Waals surface area contributed by atoms with E-state index < -0.39 is 0 Å². The Morgan fingerprint density at radius 3 is 3.07 bits per heavy atom. The molecular formula is C11H14BrNO2. The number of ketones is 1. The van der Waals surface area contributed by atoms with Crippen LogP contribution in [0.2, 0.25) is 0 Å². The van der Waals surface area contributed by atoms with E-state index in [1.165, 1.54) is 0 Å². The number of carbonyl (C=O) groups excluding carboxylic acids is 1. The third-order valence-corrected chi connectivity index (χ3v) is 3.19. The molecule has 0 amide bonds. The van der Waals surface area contributed by atoms with Crippen LogP contribution in [0.1, 0.15) is 18.6 Å². The van der Waals surface area contributed by atoms with E-state index in [1.54, 1.807) is 0 Å². The highest BCUT2D eigenvalue weighted by Gasteiger charge is 2.21. The molecule has 3 nitrogen and oxygen atoms in total. The molecule has 15 heavy (non-hydrogen) atoms. The Hall–Kier alpha value is -0.610. The van der Waals surface area contributed by atoms with Crippen molar-refractivity contribution in [2.75, 3.05) is 13.1 Å². The molecule has 1 aromatic rings. The van der Waals surface area contributed by atoms with E-state index in [4.69, 9.17) is 4.42 Å². The van der Waals surface area contributed by atoms with Crippen LogP contribution in [0.25, 0.3) is 0 Å². The first kappa shape index (κ1) is 10.9. The van der Waals surface area contributed by atoms with Crippen LogP contribution in [0, 0.1) is 5.92 Å². The fraction of sp³-hybridized carbons (Fsp3) is 0.545. The molecule has 1 fully saturated rings. The number of rotatable bonds is 3. The van der Waals surface area contributed by atoms with Crippen LogP contribution in [-0.2, 0) is 11.2 Å². The second kappa shape index (κ2) is 4.94. The Labute approximate surface area is 97.4 Å². The van der Waals surface area contributed by atoms with E-state index in [9.17, 15) is 4.79 Å². The Morgan fingerprint density at radius 2 is 2.40 bits per heavy atom. The molecule has 1 saturated heterocycles. The molecule has 2 heterocycles. The lowest BCUT2D eigenvalue weighted by Crippen LogP contribution is -2.37. The number of piperidine rings is 1. The van der Waals surface area contributed by atoms with Crippen molar-refractivity contribution in [2.24, 2.45) is 5.92 Å². The highest BCUT2D eigenvalue weighted by atomic mass is 79.9. The van der Waals surface area contributed by atoms with Crippen LogP contribution >= 0.6 is 15.9 Å². The summed E-state index contributed by atoms with van der Waals surface area (Å²) in [5.74, 6) is 1.50. The lowest BCUT2D eigenvalue weighted by atomic mass is 9.93. The molecule has 1 aliphatic heterocycles. The van der Waals surface area contributed by atoms with Gasteiger partial charge in [0.15, 0.2) is 4.67 Å². The first-order chi connectivity index (χ1) is 7.25. The maximum atomic E-state index is 11.5. The van der Waals surface area contributed by atoms with Crippen molar-refractivity contribution in [1.82, 2.24) is 5.32 Å². The first-order valence-electron chi connectivity index (χ1n) is 5.23. The van der Waals surface area contributed by atoms with E-state index >= 15 is 0 Å². The summed E-state index contributed by atoms with van der Waals surface area (Å²) < 4.78 is 6.15. The molecular weight excluding hydrogens is 258 g/mol. The largest absolute Gasteiger partial charge is 0.454 e. The SMILES string of the molecule is O=C1CCNCC1CCc1ccc(Br)o1. The van der Waals surface area contributed by atoms with Gasteiger partial charge in [0, 0.05) is 31.8 Å². The highest BCUT2D eigenvalue weighted by Crippen LogP contribution is 2.18. The molecule has 0 aromatic carbocycles. The molecule has 0 bridgehead atoms. The van der Waals surface area contributed by atoms with Gasteiger partial charge in [-0.2, -0.15) is 0 Å². The van der Waals surface area contributed by atoms with Crippen molar-refractivity contribution in [2.45, 2.75) is 19.3 Å². The first-order valence-corrected chi connectivity index (χ1v) is 6.02. The van der Waals surface area contributed by atoms with Crippen LogP contribution in [0.3, 0.4) is 0 Å². The summed E-state index contributed by atoms with van der Waals surface area (Å²) in [7, 11) is 0. The normalized spacial score (nSPS) is 21.9. The number of aryl methyl sites for hydroxylation is 1. The van der Waals surface area contributed by atoms with E-state index in [2.05, 4.69) is 21.2 Å². The summed E-state index contributed by atoms with van der Waals surface area (Å²) in [6.45, 7) is 1.66. The lowest BCUT2D eigenvalue weighted by molar-refractivity contribution is -0.124. The number of furan rings is 1. The molecule has 0 spiro atoms. The van der Waals surface area contributed by atoms with Gasteiger partial charge in [-0.25, -0.2) is 0 Å². The standard InChI is InChI=1S/C11H14BrNO2/c12-11-4-3-9(15-11)2-1-8-7-13-6-5-10(8)14/h3-4,8,13H,1-2,5-7H2. The van der Waals surface area contributed by atoms with Gasteiger partial charge in [0.05, 0.1) is 0 Å². The van der Waals surface area contributed by atoms with Gasteiger partial charge in [0.2, 0.25) is 0 Å². The zero-order valence-electron chi connectivity index (χ0n) is 8.46. The van der Waals surface area contributed by atoms with Crippen molar-refractivity contribution in [3.8, 4) is 0 Å². The fourth-order valence-electron chi connectivity index (χ4n) is 1.87. The molecule has 1 aromatic heterocycles. The van der Waals surface area contributed by atoms with Crippen molar-refractivity contribution in [3.63, 3.8) is 0 Å². The number of hydrogen-bond donors (Lipinski definition) is 1. The molecule has 2 rings (SSSR count). The topological polar surface area (TPSA) is 42.2 Å². The third kappa shape index (κ3) is 2.92. The Bertz CT molecular complexity index is 348. The maximum absolute atomic E-state index is 11.5. The van der Waals surface area contributed by atoms with Gasteiger partial charge in [-0.3, -0.25) is 4.79 Å². The molecule has 1 N–H and O–H groups in total. The molecule has 1 atom stereocenters. The Kier molecular flexibility index (Phi) is 3.59. The molecule has 1 unspecified atom stereocenters. The van der Waals surface area contributed by atoms with Crippen molar-refractivity contribution in [3.05, 3.63) is 22.6 Å². The van der Waals surface area contributed by atoms with Crippen molar-refractivity contribution in [1.29, 1.82) is 0 Å². The number of nitrogens with one attached hydrogen (secondary N) is 1. The molecule has 4 heteroatoms. The number of halogens is 1. The number of carbonyl (C=O) groups is 1. The second-order valence-electron chi connectivity index (χ2n) is 3.86. The van der Waals surface area contributed by atoms with Gasteiger partial charge in [-0.05, 0) is 34.5 Å². The Morgan fingerprint density at radius 1 is 1.53 bits per heavy atom. The van der Waals surface area contributed by atoms with Gasteiger partial charge in [-0.1, -0.05) is 0 Å². The fourth-order valence-corrected chi connectivity index (χ4v) is 2.21.